The van der Waals surface area contributed by atoms with E-state index in [2.05, 4.69) is 36.4 Å². The Bertz CT molecular complexity index is 1500. The van der Waals surface area contributed by atoms with Gasteiger partial charge in [-0.2, -0.15) is 0 Å². The van der Waals surface area contributed by atoms with Gasteiger partial charge in [-0.1, -0.05) is 19.3 Å². The average Bonchev–Trinajstić information content (AvgIpc) is 3.17. The van der Waals surface area contributed by atoms with Gasteiger partial charge in [0.25, 0.3) is 11.8 Å². The minimum absolute atomic E-state index is 0.0422. The molecule has 8 nitrogen and oxygen atoms in total. The molecule has 3 aliphatic rings. The maximum atomic E-state index is 14.2. The van der Waals surface area contributed by atoms with Crippen LogP contribution in [0.1, 0.15) is 73.5 Å². The van der Waals surface area contributed by atoms with Crippen molar-refractivity contribution in [3.63, 3.8) is 0 Å². The third-order valence-corrected chi connectivity index (χ3v) is 9.31. The van der Waals surface area contributed by atoms with Gasteiger partial charge in [0.15, 0.2) is 0 Å². The number of hydrogen-bond donors (Lipinski definition) is 1. The number of ether oxygens (including phenoxy) is 1. The number of benzene rings is 1. The summed E-state index contributed by atoms with van der Waals surface area (Å²) in [4.78, 5) is 35.5. The Hall–Kier alpha value is -3.65. The van der Waals surface area contributed by atoms with Gasteiger partial charge in [0, 0.05) is 41.7 Å². The second-order valence-electron chi connectivity index (χ2n) is 11.8. The zero-order valence-electron chi connectivity index (χ0n) is 23.9. The van der Waals surface area contributed by atoms with Crippen LogP contribution in [0.25, 0.3) is 28.4 Å². The smallest absolute Gasteiger partial charge is 0.267 e. The zero-order chi connectivity index (χ0) is 28.1. The molecule has 2 unspecified atom stereocenters. The Labute approximate surface area is 235 Å². The number of piperazine rings is 1. The van der Waals surface area contributed by atoms with E-state index in [0.717, 1.165) is 40.8 Å². The van der Waals surface area contributed by atoms with Gasteiger partial charge in [0.1, 0.15) is 17.1 Å². The van der Waals surface area contributed by atoms with Crippen molar-refractivity contribution >= 4 is 28.9 Å². The van der Waals surface area contributed by atoms with E-state index < -0.39 is 5.91 Å². The van der Waals surface area contributed by atoms with Crippen LogP contribution in [-0.2, 0) is 11.3 Å². The molecule has 2 fully saturated rings. The Morgan fingerprint density at radius 3 is 2.42 bits per heavy atom. The summed E-state index contributed by atoms with van der Waals surface area (Å²) in [7, 11) is 3.79. The molecule has 4 heterocycles. The SMILES string of the molecule is COc1ccc2c(c1)C=C(C(=O)N1CC(C)N(C)C(C)C1)Cn1c-2c(C2CCCCC2)c2ccc(C(N)=O)nc21. The van der Waals surface area contributed by atoms with Crippen LogP contribution < -0.4 is 10.5 Å². The molecule has 3 aromatic rings. The van der Waals surface area contributed by atoms with Crippen molar-refractivity contribution in [2.45, 2.75) is 70.5 Å². The molecule has 2 N–H and O–H groups in total. The van der Waals surface area contributed by atoms with Gasteiger partial charge in [0.2, 0.25) is 0 Å². The fraction of sp³-hybridized carbons (Fsp3) is 0.469. The molecule has 1 saturated heterocycles. The first-order chi connectivity index (χ1) is 19.3. The number of hydrogen-bond acceptors (Lipinski definition) is 5. The van der Waals surface area contributed by atoms with Gasteiger partial charge in [0.05, 0.1) is 19.3 Å². The molecule has 40 heavy (non-hydrogen) atoms. The highest BCUT2D eigenvalue weighted by Crippen LogP contribution is 2.46. The number of aromatic nitrogens is 2. The fourth-order valence-electron chi connectivity index (χ4n) is 6.94. The van der Waals surface area contributed by atoms with E-state index in [1.165, 1.54) is 24.8 Å². The van der Waals surface area contributed by atoms with Crippen LogP contribution in [0.5, 0.6) is 5.75 Å². The van der Waals surface area contributed by atoms with E-state index in [1.54, 1.807) is 13.2 Å². The second kappa shape index (κ2) is 10.4. The van der Waals surface area contributed by atoms with Crippen LogP contribution in [0.2, 0.25) is 0 Å². The molecule has 2 aliphatic heterocycles. The maximum Gasteiger partial charge on any atom is 0.267 e. The first-order valence-electron chi connectivity index (χ1n) is 14.5. The number of carbonyl (C=O) groups excluding carboxylic acids is 2. The van der Waals surface area contributed by atoms with Crippen LogP contribution in [0.4, 0.5) is 0 Å². The van der Waals surface area contributed by atoms with Crippen LogP contribution in [0.15, 0.2) is 35.9 Å². The molecule has 1 aromatic carbocycles. The molecule has 2 aromatic heterocycles. The van der Waals surface area contributed by atoms with Gasteiger partial charge >= 0.3 is 0 Å². The number of pyridine rings is 1. The zero-order valence-corrected chi connectivity index (χ0v) is 23.9. The number of likely N-dealkylation sites (N-methyl/N-ethyl adjacent to an activating group) is 1. The summed E-state index contributed by atoms with van der Waals surface area (Å²) < 4.78 is 7.77. The number of methoxy groups -OCH3 is 1. The molecule has 1 saturated carbocycles. The van der Waals surface area contributed by atoms with E-state index in [-0.39, 0.29) is 23.7 Å². The van der Waals surface area contributed by atoms with Gasteiger partial charge < -0.3 is 19.9 Å². The highest BCUT2D eigenvalue weighted by molar-refractivity contribution is 6.02. The number of rotatable bonds is 4. The molecule has 0 bridgehead atoms. The van der Waals surface area contributed by atoms with Crippen LogP contribution in [-0.4, -0.2) is 70.5 Å². The van der Waals surface area contributed by atoms with Gasteiger partial charge in [-0.05, 0) is 87.2 Å². The fourth-order valence-corrected chi connectivity index (χ4v) is 6.94. The highest BCUT2D eigenvalue weighted by Gasteiger charge is 2.34. The lowest BCUT2D eigenvalue weighted by molar-refractivity contribution is -0.131. The lowest BCUT2D eigenvalue weighted by atomic mass is 9.81. The van der Waals surface area contributed by atoms with Crippen molar-refractivity contribution in [1.82, 2.24) is 19.4 Å². The predicted octanol–water partition coefficient (Wildman–Crippen LogP) is 4.81. The van der Waals surface area contributed by atoms with Crippen molar-refractivity contribution in [3.05, 3.63) is 52.7 Å². The molecular weight excluding hydrogens is 502 g/mol. The number of amides is 2. The summed E-state index contributed by atoms with van der Waals surface area (Å²) in [6, 6.07) is 10.4. The summed E-state index contributed by atoms with van der Waals surface area (Å²) in [5.41, 5.74) is 11.7. The molecule has 2 amide bonds. The van der Waals surface area contributed by atoms with Crippen molar-refractivity contribution in [1.29, 1.82) is 0 Å². The summed E-state index contributed by atoms with van der Waals surface area (Å²) in [5, 5.41) is 1.05. The van der Waals surface area contributed by atoms with Gasteiger partial charge in [-0.3, -0.25) is 14.5 Å². The number of primary amides is 1. The predicted molar refractivity (Wildman–Crippen MR) is 157 cm³/mol. The maximum absolute atomic E-state index is 14.2. The second-order valence-corrected chi connectivity index (χ2v) is 11.8. The van der Waals surface area contributed by atoms with E-state index in [4.69, 9.17) is 15.5 Å². The lowest BCUT2D eigenvalue weighted by Gasteiger charge is -2.42. The molecule has 1 aliphatic carbocycles. The Kier molecular flexibility index (Phi) is 6.90. The molecule has 6 rings (SSSR count). The minimum atomic E-state index is -0.553. The topological polar surface area (TPSA) is 93.7 Å². The molecule has 0 radical (unpaired) electrons. The molecule has 0 spiro atoms. The van der Waals surface area contributed by atoms with E-state index in [1.807, 2.05) is 29.2 Å². The highest BCUT2D eigenvalue weighted by atomic mass is 16.5. The lowest BCUT2D eigenvalue weighted by Crippen LogP contribution is -2.56. The summed E-state index contributed by atoms with van der Waals surface area (Å²) >= 11 is 0. The Balaban J connectivity index is 1.57. The molecule has 8 heteroatoms. The summed E-state index contributed by atoms with van der Waals surface area (Å²) in [6.45, 7) is 6.07. The molecule has 210 valence electrons. The number of fused-ring (bicyclic) bond motifs is 5. The van der Waals surface area contributed by atoms with Crippen molar-refractivity contribution < 1.29 is 14.3 Å². The number of nitrogens with two attached hydrogens (primary N) is 1. The largest absolute Gasteiger partial charge is 0.497 e. The van der Waals surface area contributed by atoms with Crippen LogP contribution in [0.3, 0.4) is 0 Å². The standard InChI is InChI=1S/C32H39N5O3/c1-19-16-36(17-20(2)35(19)3)32(39)23-14-22-15-24(40-4)10-11-25(22)29-28(21-8-6-5-7-9-21)26-12-13-27(30(33)38)34-31(26)37(29)18-23/h10-15,19-21H,5-9,16-18H2,1-4H3,(H2,33,38). The Morgan fingerprint density at radius 2 is 1.75 bits per heavy atom. The summed E-state index contributed by atoms with van der Waals surface area (Å²) in [5.74, 6) is 0.630. The van der Waals surface area contributed by atoms with Crippen molar-refractivity contribution in [2.75, 3.05) is 27.2 Å². The third kappa shape index (κ3) is 4.48. The first-order valence-corrected chi connectivity index (χ1v) is 14.5. The Morgan fingerprint density at radius 1 is 1.02 bits per heavy atom. The van der Waals surface area contributed by atoms with E-state index in [9.17, 15) is 9.59 Å². The monoisotopic (exact) mass is 541 g/mol. The molecule has 2 atom stereocenters. The average molecular weight is 542 g/mol. The van der Waals surface area contributed by atoms with Crippen LogP contribution in [0, 0.1) is 0 Å². The van der Waals surface area contributed by atoms with Crippen molar-refractivity contribution in [2.24, 2.45) is 5.73 Å². The minimum Gasteiger partial charge on any atom is -0.497 e. The van der Waals surface area contributed by atoms with E-state index in [0.29, 0.717) is 36.8 Å². The van der Waals surface area contributed by atoms with E-state index >= 15 is 0 Å². The number of carbonyl (C=O) groups is 2. The summed E-state index contributed by atoms with van der Waals surface area (Å²) in [6.07, 6.45) is 7.91. The normalized spacial score (nSPS) is 21.9. The van der Waals surface area contributed by atoms with Crippen molar-refractivity contribution in [3.8, 4) is 17.0 Å². The first kappa shape index (κ1) is 26.6. The van der Waals surface area contributed by atoms with Crippen LogP contribution >= 0.6 is 0 Å². The van der Waals surface area contributed by atoms with Gasteiger partial charge in [-0.25, -0.2) is 4.98 Å². The quantitative estimate of drug-likeness (QED) is 0.512. The third-order valence-electron chi connectivity index (χ3n) is 9.31. The number of nitrogens with zero attached hydrogens (tertiary/aromatic N) is 4. The molecular formula is C32H39N5O3. The van der Waals surface area contributed by atoms with Gasteiger partial charge in [-0.15, -0.1) is 0 Å².